The Morgan fingerprint density at radius 3 is 2.81 bits per heavy atom. The van der Waals surface area contributed by atoms with Crippen molar-refractivity contribution in [2.24, 2.45) is 0 Å². The lowest BCUT2D eigenvalue weighted by Gasteiger charge is -2.00. The Labute approximate surface area is 93.6 Å². The third-order valence-corrected chi connectivity index (χ3v) is 2.39. The van der Waals surface area contributed by atoms with Gasteiger partial charge in [-0.25, -0.2) is 0 Å². The number of hydrogen-bond donors (Lipinski definition) is 1. The van der Waals surface area contributed by atoms with Gasteiger partial charge in [0.05, 0.1) is 24.5 Å². The van der Waals surface area contributed by atoms with Crippen LogP contribution in [-0.4, -0.2) is 5.11 Å². The van der Waals surface area contributed by atoms with Gasteiger partial charge in [-0.2, -0.15) is 5.26 Å². The molecule has 1 aromatic carbocycles. The van der Waals surface area contributed by atoms with E-state index < -0.39 is 0 Å². The van der Waals surface area contributed by atoms with Gasteiger partial charge in [-0.3, -0.25) is 0 Å². The summed E-state index contributed by atoms with van der Waals surface area (Å²) in [6, 6.07) is 11.4. The summed E-state index contributed by atoms with van der Waals surface area (Å²) in [6.07, 6.45) is 2.11. The summed E-state index contributed by atoms with van der Waals surface area (Å²) in [6.45, 7) is -0.0244. The normalized spacial score (nSPS) is 10.0. The summed E-state index contributed by atoms with van der Waals surface area (Å²) < 4.78 is 5.29. The highest BCUT2D eigenvalue weighted by molar-refractivity contribution is 5.39. The fourth-order valence-electron chi connectivity index (χ4n) is 1.57. The summed E-state index contributed by atoms with van der Waals surface area (Å²) >= 11 is 0. The first-order chi connectivity index (χ1) is 7.83. The van der Waals surface area contributed by atoms with Crippen molar-refractivity contribution < 1.29 is 9.52 Å². The Hall–Kier alpha value is -2.05. The molecule has 2 rings (SSSR count). The Balaban J connectivity index is 2.24. The van der Waals surface area contributed by atoms with Crippen LogP contribution >= 0.6 is 0 Å². The molecule has 0 bridgehead atoms. The van der Waals surface area contributed by atoms with Crippen molar-refractivity contribution >= 4 is 0 Å². The minimum Gasteiger partial charge on any atom is -0.469 e. The molecule has 1 aromatic heterocycles. The third-order valence-electron chi connectivity index (χ3n) is 2.39. The molecule has 80 valence electrons. The Kier molecular flexibility index (Phi) is 3.04. The van der Waals surface area contributed by atoms with Crippen LogP contribution in [0.3, 0.4) is 0 Å². The van der Waals surface area contributed by atoms with Gasteiger partial charge >= 0.3 is 0 Å². The molecule has 1 heterocycles. The number of rotatable bonds is 3. The van der Waals surface area contributed by atoms with Crippen LogP contribution in [0.15, 0.2) is 41.0 Å². The van der Waals surface area contributed by atoms with Gasteiger partial charge in [-0.1, -0.05) is 18.2 Å². The minimum absolute atomic E-state index is 0.0244. The average molecular weight is 213 g/mol. The molecule has 0 saturated carbocycles. The van der Waals surface area contributed by atoms with Gasteiger partial charge in [0.1, 0.15) is 5.76 Å². The molecule has 2 aromatic rings. The predicted octanol–water partition coefficient (Wildman–Crippen LogP) is 2.23. The number of aliphatic hydroxyl groups is 1. The number of nitriles is 1. The monoisotopic (exact) mass is 213 g/mol. The van der Waals surface area contributed by atoms with E-state index in [9.17, 15) is 0 Å². The zero-order chi connectivity index (χ0) is 11.4. The first kappa shape index (κ1) is 10.5. The molecule has 0 atom stereocenters. The van der Waals surface area contributed by atoms with E-state index in [1.165, 1.54) is 6.26 Å². The summed E-state index contributed by atoms with van der Waals surface area (Å²) in [5.41, 5.74) is 2.35. The van der Waals surface area contributed by atoms with Gasteiger partial charge in [0, 0.05) is 12.0 Å². The molecular weight excluding hydrogens is 202 g/mol. The molecule has 3 heteroatoms. The smallest absolute Gasteiger partial charge is 0.108 e. The fraction of sp³-hybridized carbons (Fsp3) is 0.154. The summed E-state index contributed by atoms with van der Waals surface area (Å²) in [4.78, 5) is 0. The van der Waals surface area contributed by atoms with Crippen LogP contribution < -0.4 is 0 Å². The number of nitrogens with zero attached hydrogens (tertiary/aromatic N) is 1. The molecule has 0 aliphatic rings. The van der Waals surface area contributed by atoms with Crippen molar-refractivity contribution in [3.05, 3.63) is 59.0 Å². The molecule has 0 aliphatic carbocycles. The van der Waals surface area contributed by atoms with E-state index in [0.29, 0.717) is 12.0 Å². The summed E-state index contributed by atoms with van der Waals surface area (Å²) in [5.74, 6) is 0.756. The van der Waals surface area contributed by atoms with Crippen molar-refractivity contribution in [3.8, 4) is 6.07 Å². The van der Waals surface area contributed by atoms with Crippen LogP contribution in [0.1, 0.15) is 22.5 Å². The fourth-order valence-corrected chi connectivity index (χ4v) is 1.57. The number of aliphatic hydroxyl groups excluding tert-OH is 1. The molecule has 0 fully saturated rings. The van der Waals surface area contributed by atoms with Crippen LogP contribution in [0.5, 0.6) is 0 Å². The SMILES string of the molecule is N#Cc1ccccc1Cc1cc(CO)co1. The van der Waals surface area contributed by atoms with Crippen LogP contribution in [0.25, 0.3) is 0 Å². The van der Waals surface area contributed by atoms with Gasteiger partial charge in [-0.05, 0) is 17.7 Å². The molecule has 0 saturated heterocycles. The lowest BCUT2D eigenvalue weighted by Crippen LogP contribution is -1.90. The standard InChI is InChI=1S/C13H11NO2/c14-7-12-4-2-1-3-11(12)6-13-5-10(8-15)9-16-13/h1-5,9,15H,6,8H2. The largest absolute Gasteiger partial charge is 0.469 e. The molecule has 16 heavy (non-hydrogen) atoms. The number of furan rings is 1. The predicted molar refractivity (Wildman–Crippen MR) is 58.6 cm³/mol. The van der Waals surface area contributed by atoms with Crippen LogP contribution in [-0.2, 0) is 13.0 Å². The lowest BCUT2D eigenvalue weighted by atomic mass is 10.0. The minimum atomic E-state index is -0.0244. The molecule has 0 unspecified atom stereocenters. The summed E-state index contributed by atoms with van der Waals surface area (Å²) in [5, 5.41) is 17.8. The van der Waals surface area contributed by atoms with Gasteiger partial charge in [-0.15, -0.1) is 0 Å². The highest BCUT2D eigenvalue weighted by Crippen LogP contribution is 2.16. The van der Waals surface area contributed by atoms with E-state index in [-0.39, 0.29) is 6.61 Å². The molecule has 3 nitrogen and oxygen atoms in total. The number of benzene rings is 1. The molecule has 0 spiro atoms. The average Bonchev–Trinajstić information content (AvgIpc) is 2.77. The second kappa shape index (κ2) is 4.65. The van der Waals surface area contributed by atoms with Crippen molar-refractivity contribution in [3.63, 3.8) is 0 Å². The van der Waals surface area contributed by atoms with E-state index in [1.54, 1.807) is 12.1 Å². The number of hydrogen-bond acceptors (Lipinski definition) is 3. The molecule has 0 radical (unpaired) electrons. The molecule has 0 aliphatic heterocycles. The van der Waals surface area contributed by atoms with Crippen molar-refractivity contribution in [2.75, 3.05) is 0 Å². The zero-order valence-corrected chi connectivity index (χ0v) is 8.68. The topological polar surface area (TPSA) is 57.2 Å². The van der Waals surface area contributed by atoms with Crippen molar-refractivity contribution in [1.82, 2.24) is 0 Å². The van der Waals surface area contributed by atoms with E-state index >= 15 is 0 Å². The second-order valence-corrected chi connectivity index (χ2v) is 3.53. The van der Waals surface area contributed by atoms with Crippen molar-refractivity contribution in [1.29, 1.82) is 5.26 Å². The zero-order valence-electron chi connectivity index (χ0n) is 8.68. The van der Waals surface area contributed by atoms with Crippen LogP contribution in [0, 0.1) is 11.3 Å². The van der Waals surface area contributed by atoms with Gasteiger partial charge in [0.2, 0.25) is 0 Å². The lowest BCUT2D eigenvalue weighted by molar-refractivity contribution is 0.280. The highest BCUT2D eigenvalue weighted by Gasteiger charge is 2.05. The van der Waals surface area contributed by atoms with Gasteiger partial charge in [0.25, 0.3) is 0 Å². The Morgan fingerprint density at radius 1 is 1.31 bits per heavy atom. The first-order valence-electron chi connectivity index (χ1n) is 4.98. The maximum absolute atomic E-state index is 8.93. The molecule has 1 N–H and O–H groups in total. The third kappa shape index (κ3) is 2.13. The maximum Gasteiger partial charge on any atom is 0.108 e. The Morgan fingerprint density at radius 2 is 2.12 bits per heavy atom. The summed E-state index contributed by atoms with van der Waals surface area (Å²) in [7, 11) is 0. The Bertz CT molecular complexity index is 523. The van der Waals surface area contributed by atoms with Crippen LogP contribution in [0.2, 0.25) is 0 Å². The second-order valence-electron chi connectivity index (χ2n) is 3.53. The van der Waals surface area contributed by atoms with E-state index in [4.69, 9.17) is 14.8 Å². The van der Waals surface area contributed by atoms with Gasteiger partial charge < -0.3 is 9.52 Å². The van der Waals surface area contributed by atoms with Crippen molar-refractivity contribution in [2.45, 2.75) is 13.0 Å². The maximum atomic E-state index is 8.93. The molecular formula is C13H11NO2. The molecule has 0 amide bonds. The quantitative estimate of drug-likeness (QED) is 0.850. The highest BCUT2D eigenvalue weighted by atomic mass is 16.3. The van der Waals surface area contributed by atoms with Gasteiger partial charge in [0.15, 0.2) is 0 Å². The van der Waals surface area contributed by atoms with Crippen LogP contribution in [0.4, 0.5) is 0 Å². The van der Waals surface area contributed by atoms with E-state index in [1.807, 2.05) is 18.2 Å². The van der Waals surface area contributed by atoms with E-state index in [2.05, 4.69) is 6.07 Å². The van der Waals surface area contributed by atoms with E-state index in [0.717, 1.165) is 16.9 Å². The first-order valence-corrected chi connectivity index (χ1v) is 4.98.